The summed E-state index contributed by atoms with van der Waals surface area (Å²) >= 11 is 0. The summed E-state index contributed by atoms with van der Waals surface area (Å²) in [5, 5.41) is 2.45. The van der Waals surface area contributed by atoms with Gasteiger partial charge in [0.2, 0.25) is 5.91 Å². The van der Waals surface area contributed by atoms with Crippen LogP contribution in [0.4, 0.5) is 22.0 Å². The Kier molecular flexibility index (Phi) is 3.47. The number of alkyl halides is 5. The molecule has 4 rings (SSSR count). The molecule has 1 aromatic carbocycles. The van der Waals surface area contributed by atoms with E-state index in [0.29, 0.717) is 0 Å². The number of aliphatic imine (C=N–C) groups is 1. The van der Waals surface area contributed by atoms with Crippen molar-refractivity contribution in [2.24, 2.45) is 4.99 Å². The Balaban J connectivity index is 2.09. The molecule has 1 amide bonds. The van der Waals surface area contributed by atoms with E-state index in [1.54, 1.807) is 0 Å². The van der Waals surface area contributed by atoms with E-state index in [0.717, 1.165) is 12.1 Å². The number of carbonyl (C=O) groups excluding carboxylic acids is 1. The number of hydrogen-bond donors (Lipinski definition) is 1. The van der Waals surface area contributed by atoms with Crippen LogP contribution in [-0.2, 0) is 22.3 Å². The summed E-state index contributed by atoms with van der Waals surface area (Å²) in [6.07, 6.45) is -5.78. The molecule has 2 aliphatic rings. The predicted molar refractivity (Wildman–Crippen MR) is 85.6 cm³/mol. The second-order valence-corrected chi connectivity index (χ2v) is 6.45. The molecule has 2 heterocycles. The molecule has 0 radical (unpaired) electrons. The Morgan fingerprint density at radius 2 is 1.78 bits per heavy atom. The highest BCUT2D eigenvalue weighted by atomic mass is 19.4. The van der Waals surface area contributed by atoms with Crippen LogP contribution in [0.5, 0.6) is 0 Å². The van der Waals surface area contributed by atoms with Gasteiger partial charge in [-0.3, -0.25) is 9.79 Å². The summed E-state index contributed by atoms with van der Waals surface area (Å²) in [4.78, 5) is 20.4. The number of nitrogens with zero attached hydrogens (tertiary/aromatic N) is 2. The SMILES string of the molecule is CN=C1NC(=O)[C@@]2(CC(F)(F)c3ccccc32)c2nc(C(F)(F)F)ccc21. The molecule has 1 atom stereocenters. The van der Waals surface area contributed by atoms with Gasteiger partial charge in [0.25, 0.3) is 5.92 Å². The number of pyridine rings is 1. The van der Waals surface area contributed by atoms with Gasteiger partial charge in [-0.25, -0.2) is 13.8 Å². The second-order valence-electron chi connectivity index (χ2n) is 6.45. The molecular formula is C18H12F5N3O. The first-order chi connectivity index (χ1) is 12.6. The fourth-order valence-corrected chi connectivity index (χ4v) is 3.81. The molecule has 140 valence electrons. The highest BCUT2D eigenvalue weighted by Gasteiger charge is 2.62. The molecule has 1 spiro atoms. The van der Waals surface area contributed by atoms with Gasteiger partial charge in [-0.1, -0.05) is 24.3 Å². The van der Waals surface area contributed by atoms with Gasteiger partial charge in [0, 0.05) is 24.6 Å². The lowest BCUT2D eigenvalue weighted by atomic mass is 9.73. The molecule has 0 saturated heterocycles. The summed E-state index contributed by atoms with van der Waals surface area (Å²) in [5.41, 5.74) is -3.97. The number of amidine groups is 1. The minimum atomic E-state index is -4.78. The van der Waals surface area contributed by atoms with Crippen molar-refractivity contribution in [3.63, 3.8) is 0 Å². The predicted octanol–water partition coefficient (Wildman–Crippen LogP) is 3.39. The second kappa shape index (κ2) is 5.34. The average Bonchev–Trinajstić information content (AvgIpc) is 2.86. The van der Waals surface area contributed by atoms with Gasteiger partial charge in [0.05, 0.1) is 5.69 Å². The van der Waals surface area contributed by atoms with Crippen molar-refractivity contribution in [2.45, 2.75) is 23.9 Å². The van der Waals surface area contributed by atoms with Crippen molar-refractivity contribution in [3.05, 3.63) is 64.5 Å². The van der Waals surface area contributed by atoms with E-state index in [2.05, 4.69) is 15.3 Å². The maximum atomic E-state index is 14.7. The molecule has 4 nitrogen and oxygen atoms in total. The third-order valence-corrected chi connectivity index (χ3v) is 4.96. The Morgan fingerprint density at radius 3 is 2.41 bits per heavy atom. The van der Waals surface area contributed by atoms with Gasteiger partial charge in [0.15, 0.2) is 0 Å². The van der Waals surface area contributed by atoms with Crippen molar-refractivity contribution in [1.82, 2.24) is 10.3 Å². The highest BCUT2D eigenvalue weighted by Crippen LogP contribution is 2.56. The lowest BCUT2D eigenvalue weighted by molar-refractivity contribution is -0.141. The molecule has 0 bridgehead atoms. The van der Waals surface area contributed by atoms with E-state index in [4.69, 9.17) is 0 Å². The number of fused-ring (bicyclic) bond motifs is 4. The van der Waals surface area contributed by atoms with Crippen LogP contribution in [0.25, 0.3) is 0 Å². The van der Waals surface area contributed by atoms with Gasteiger partial charge in [-0.15, -0.1) is 0 Å². The molecule has 1 aromatic heterocycles. The molecule has 1 aliphatic heterocycles. The Labute approximate surface area is 150 Å². The monoisotopic (exact) mass is 381 g/mol. The Morgan fingerprint density at radius 1 is 1.11 bits per heavy atom. The molecule has 1 aliphatic carbocycles. The number of amides is 1. The highest BCUT2D eigenvalue weighted by molar-refractivity contribution is 6.16. The fourth-order valence-electron chi connectivity index (χ4n) is 3.81. The van der Waals surface area contributed by atoms with Crippen molar-refractivity contribution < 1.29 is 26.7 Å². The zero-order valence-electron chi connectivity index (χ0n) is 13.9. The van der Waals surface area contributed by atoms with Crippen LogP contribution in [0.15, 0.2) is 41.4 Å². The van der Waals surface area contributed by atoms with E-state index < -0.39 is 35.5 Å². The molecule has 0 saturated carbocycles. The number of aromatic nitrogens is 1. The molecule has 0 unspecified atom stereocenters. The first kappa shape index (κ1) is 17.6. The van der Waals surface area contributed by atoms with Crippen LogP contribution in [0, 0.1) is 0 Å². The van der Waals surface area contributed by atoms with Gasteiger partial charge in [-0.05, 0) is 17.7 Å². The normalized spacial score (nSPS) is 24.7. The summed E-state index contributed by atoms with van der Waals surface area (Å²) in [6.45, 7) is 0. The van der Waals surface area contributed by atoms with E-state index >= 15 is 0 Å². The van der Waals surface area contributed by atoms with E-state index in [9.17, 15) is 26.7 Å². The van der Waals surface area contributed by atoms with Crippen LogP contribution in [0.1, 0.15) is 34.5 Å². The molecule has 9 heteroatoms. The quantitative estimate of drug-likeness (QED) is 0.712. The number of hydrogen-bond acceptors (Lipinski definition) is 3. The van der Waals surface area contributed by atoms with Crippen molar-refractivity contribution in [3.8, 4) is 0 Å². The van der Waals surface area contributed by atoms with Crippen LogP contribution in [0.2, 0.25) is 0 Å². The zero-order chi connectivity index (χ0) is 19.6. The maximum absolute atomic E-state index is 14.7. The fraction of sp³-hybridized carbons (Fsp3) is 0.278. The van der Waals surface area contributed by atoms with Crippen molar-refractivity contribution in [1.29, 1.82) is 0 Å². The number of nitrogens with one attached hydrogen (secondary N) is 1. The van der Waals surface area contributed by atoms with Gasteiger partial charge >= 0.3 is 6.18 Å². The smallest absolute Gasteiger partial charge is 0.309 e. The first-order valence-corrected chi connectivity index (χ1v) is 7.96. The van der Waals surface area contributed by atoms with Gasteiger partial charge in [-0.2, -0.15) is 13.2 Å². The lowest BCUT2D eigenvalue weighted by Gasteiger charge is -2.35. The minimum Gasteiger partial charge on any atom is -0.309 e. The molecule has 1 N–H and O–H groups in total. The van der Waals surface area contributed by atoms with E-state index in [1.165, 1.54) is 31.3 Å². The van der Waals surface area contributed by atoms with Crippen molar-refractivity contribution in [2.75, 3.05) is 7.05 Å². The molecule has 0 fully saturated rings. The van der Waals surface area contributed by atoms with Gasteiger partial charge in [0.1, 0.15) is 16.9 Å². The lowest BCUT2D eigenvalue weighted by Crippen LogP contribution is -2.53. The van der Waals surface area contributed by atoms with E-state index in [1.807, 2.05) is 0 Å². The number of halogens is 5. The standard InChI is InChI=1S/C18H12F5N3O/c1-24-14-9-6-7-12(18(21,22)23)25-13(9)16(15(27)26-14)8-17(19,20)11-5-3-2-4-10(11)16/h2-7H,8H2,1H3,(H,24,26,27)/t16-/m1/s1. The van der Waals surface area contributed by atoms with Crippen LogP contribution >= 0.6 is 0 Å². The van der Waals surface area contributed by atoms with Crippen molar-refractivity contribution >= 4 is 11.7 Å². The average molecular weight is 381 g/mol. The molecule has 2 aromatic rings. The third-order valence-electron chi connectivity index (χ3n) is 4.96. The van der Waals surface area contributed by atoms with Gasteiger partial charge < -0.3 is 5.32 Å². The molecular weight excluding hydrogens is 369 g/mol. The topological polar surface area (TPSA) is 54.4 Å². The van der Waals surface area contributed by atoms with Crippen LogP contribution in [-0.4, -0.2) is 23.8 Å². The van der Waals surface area contributed by atoms with Crippen LogP contribution in [0.3, 0.4) is 0 Å². The summed E-state index contributed by atoms with van der Waals surface area (Å²) in [7, 11) is 1.34. The largest absolute Gasteiger partial charge is 0.433 e. The summed E-state index contributed by atoms with van der Waals surface area (Å²) in [5.74, 6) is -4.26. The number of benzene rings is 1. The summed E-state index contributed by atoms with van der Waals surface area (Å²) in [6, 6.07) is 7.21. The molecule has 27 heavy (non-hydrogen) atoms. The third kappa shape index (κ3) is 2.30. The van der Waals surface area contributed by atoms with E-state index in [-0.39, 0.29) is 28.2 Å². The zero-order valence-corrected chi connectivity index (χ0v) is 13.9. The summed E-state index contributed by atoms with van der Waals surface area (Å²) < 4.78 is 69.0. The minimum absolute atomic E-state index is 0.00505. The number of rotatable bonds is 0. The Hall–Kier alpha value is -2.84. The maximum Gasteiger partial charge on any atom is 0.433 e. The first-order valence-electron chi connectivity index (χ1n) is 7.96. The van der Waals surface area contributed by atoms with Crippen LogP contribution < -0.4 is 5.32 Å². The number of carbonyl (C=O) groups is 1. The Bertz CT molecular complexity index is 999.